The van der Waals surface area contributed by atoms with Gasteiger partial charge in [-0.2, -0.15) is 5.10 Å². The number of ether oxygens (including phenoxy) is 1. The molecule has 0 aliphatic rings. The van der Waals surface area contributed by atoms with Crippen LogP contribution in [-0.2, 0) is 28.4 Å². The summed E-state index contributed by atoms with van der Waals surface area (Å²) < 4.78 is 19.7. The van der Waals surface area contributed by atoms with Gasteiger partial charge in [-0.25, -0.2) is 4.39 Å². The molecule has 0 aliphatic heterocycles. The van der Waals surface area contributed by atoms with Crippen molar-refractivity contribution in [1.29, 1.82) is 0 Å². The highest BCUT2D eigenvalue weighted by atomic mass is 19.1. The van der Waals surface area contributed by atoms with Crippen LogP contribution in [-0.4, -0.2) is 29.4 Å². The van der Waals surface area contributed by atoms with Crippen LogP contribution in [0.25, 0.3) is 0 Å². The number of methoxy groups -OCH3 is 1. The fourth-order valence-corrected chi connectivity index (χ4v) is 2.44. The average Bonchev–Trinajstić information content (AvgIpc) is 2.90. The Hall–Kier alpha value is -2.21. The van der Waals surface area contributed by atoms with E-state index in [1.54, 1.807) is 30.1 Å². The van der Waals surface area contributed by atoms with Gasteiger partial charge in [0.15, 0.2) is 0 Å². The molecule has 1 heterocycles. The van der Waals surface area contributed by atoms with E-state index in [1.807, 2.05) is 6.20 Å². The van der Waals surface area contributed by atoms with Crippen molar-refractivity contribution in [1.82, 2.24) is 9.78 Å². The molecule has 112 valence electrons. The van der Waals surface area contributed by atoms with E-state index in [9.17, 15) is 9.18 Å². The summed E-state index contributed by atoms with van der Waals surface area (Å²) in [6.07, 6.45) is 3.84. The molecular weight excluding hydrogens is 273 g/mol. The maximum atomic E-state index is 13.1. The summed E-state index contributed by atoms with van der Waals surface area (Å²) in [4.78, 5) is 12.3. The lowest BCUT2D eigenvalue weighted by Crippen LogP contribution is -2.45. The molecular formula is C15H18FN3O2. The van der Waals surface area contributed by atoms with Gasteiger partial charge < -0.3 is 10.5 Å². The minimum absolute atomic E-state index is 0.0558. The Morgan fingerprint density at radius 3 is 2.57 bits per heavy atom. The maximum Gasteiger partial charge on any atom is 0.317 e. The predicted molar refractivity (Wildman–Crippen MR) is 76.1 cm³/mol. The lowest BCUT2D eigenvalue weighted by atomic mass is 9.76. The second kappa shape index (κ2) is 6.05. The molecule has 5 nitrogen and oxygen atoms in total. The molecule has 21 heavy (non-hydrogen) atoms. The molecule has 0 saturated heterocycles. The number of nitrogens with two attached hydrogens (primary N) is 1. The fraction of sp³-hybridized carbons (Fsp3) is 0.333. The summed E-state index contributed by atoms with van der Waals surface area (Å²) in [6, 6.07) is 5.75. The van der Waals surface area contributed by atoms with Crippen molar-refractivity contribution >= 4 is 5.97 Å². The molecule has 0 saturated carbocycles. The van der Waals surface area contributed by atoms with Crippen molar-refractivity contribution in [2.75, 3.05) is 13.7 Å². The molecule has 0 amide bonds. The second-order valence-corrected chi connectivity index (χ2v) is 4.98. The molecule has 6 heteroatoms. The monoisotopic (exact) mass is 291 g/mol. The third kappa shape index (κ3) is 2.95. The fourth-order valence-electron chi connectivity index (χ4n) is 2.44. The lowest BCUT2D eigenvalue weighted by molar-refractivity contribution is -0.147. The average molecular weight is 291 g/mol. The number of carbonyl (C=O) groups is 1. The first-order valence-electron chi connectivity index (χ1n) is 6.54. The molecule has 1 aromatic carbocycles. The van der Waals surface area contributed by atoms with E-state index in [4.69, 9.17) is 10.5 Å². The van der Waals surface area contributed by atoms with E-state index < -0.39 is 11.4 Å². The largest absolute Gasteiger partial charge is 0.468 e. The van der Waals surface area contributed by atoms with Crippen LogP contribution in [0.4, 0.5) is 4.39 Å². The Morgan fingerprint density at radius 1 is 1.43 bits per heavy atom. The number of benzene rings is 1. The molecule has 0 aliphatic carbocycles. The van der Waals surface area contributed by atoms with Gasteiger partial charge in [0.2, 0.25) is 0 Å². The van der Waals surface area contributed by atoms with Gasteiger partial charge >= 0.3 is 5.97 Å². The van der Waals surface area contributed by atoms with Crippen LogP contribution in [0.5, 0.6) is 0 Å². The number of aromatic nitrogens is 2. The highest BCUT2D eigenvalue weighted by Gasteiger charge is 2.40. The smallest absolute Gasteiger partial charge is 0.317 e. The van der Waals surface area contributed by atoms with Crippen LogP contribution in [0.3, 0.4) is 0 Å². The molecule has 1 atom stereocenters. The Morgan fingerprint density at radius 2 is 2.10 bits per heavy atom. The molecule has 0 radical (unpaired) electrons. The standard InChI is InChI=1S/C15H18FN3O2/c1-19-9-11(8-18-19)7-15(10-17,14(20)21-2)12-3-5-13(16)6-4-12/h3-6,8-9H,7,10,17H2,1-2H3. The Balaban J connectivity index is 2.47. The molecule has 2 N–H and O–H groups in total. The summed E-state index contributed by atoms with van der Waals surface area (Å²) in [6.45, 7) is 0.0558. The summed E-state index contributed by atoms with van der Waals surface area (Å²) in [5, 5.41) is 4.09. The van der Waals surface area contributed by atoms with E-state index in [-0.39, 0.29) is 12.4 Å². The highest BCUT2D eigenvalue weighted by Crippen LogP contribution is 2.29. The van der Waals surface area contributed by atoms with Crippen LogP contribution >= 0.6 is 0 Å². The van der Waals surface area contributed by atoms with Crippen molar-refractivity contribution in [3.8, 4) is 0 Å². The number of rotatable bonds is 5. The number of nitrogens with zero attached hydrogens (tertiary/aromatic N) is 2. The highest BCUT2D eigenvalue weighted by molar-refractivity contribution is 5.84. The van der Waals surface area contributed by atoms with Crippen LogP contribution in [0, 0.1) is 5.82 Å². The summed E-state index contributed by atoms with van der Waals surface area (Å²) in [5.41, 5.74) is 6.32. The summed E-state index contributed by atoms with van der Waals surface area (Å²) >= 11 is 0. The van der Waals surface area contributed by atoms with Gasteiger partial charge in [0.25, 0.3) is 0 Å². The first kappa shape index (κ1) is 15.2. The van der Waals surface area contributed by atoms with Gasteiger partial charge in [0.05, 0.1) is 13.3 Å². The molecule has 0 fully saturated rings. The summed E-state index contributed by atoms with van der Waals surface area (Å²) in [7, 11) is 3.11. The van der Waals surface area contributed by atoms with E-state index in [2.05, 4.69) is 5.10 Å². The first-order chi connectivity index (χ1) is 10.0. The lowest BCUT2D eigenvalue weighted by Gasteiger charge is -2.29. The van der Waals surface area contributed by atoms with Gasteiger partial charge in [0, 0.05) is 19.8 Å². The quantitative estimate of drug-likeness (QED) is 0.840. The zero-order chi connectivity index (χ0) is 15.5. The topological polar surface area (TPSA) is 70.1 Å². The van der Waals surface area contributed by atoms with Crippen LogP contribution in [0.1, 0.15) is 11.1 Å². The normalized spacial score (nSPS) is 13.7. The van der Waals surface area contributed by atoms with E-state index in [1.165, 1.54) is 19.2 Å². The zero-order valence-electron chi connectivity index (χ0n) is 12.0. The molecule has 2 aromatic rings. The minimum atomic E-state index is -1.05. The van der Waals surface area contributed by atoms with E-state index in [0.717, 1.165) is 5.56 Å². The number of hydrogen-bond acceptors (Lipinski definition) is 4. The number of esters is 1. The summed E-state index contributed by atoms with van der Waals surface area (Å²) in [5.74, 6) is -0.809. The third-order valence-electron chi connectivity index (χ3n) is 3.59. The van der Waals surface area contributed by atoms with Gasteiger partial charge in [-0.05, 0) is 29.7 Å². The van der Waals surface area contributed by atoms with Crippen LogP contribution in [0.2, 0.25) is 0 Å². The van der Waals surface area contributed by atoms with E-state index >= 15 is 0 Å². The zero-order valence-corrected chi connectivity index (χ0v) is 12.0. The number of aryl methyl sites for hydroxylation is 1. The molecule has 2 rings (SSSR count). The Bertz CT molecular complexity index is 624. The maximum absolute atomic E-state index is 13.1. The van der Waals surface area contributed by atoms with Crippen LogP contribution in [0.15, 0.2) is 36.7 Å². The Kier molecular flexibility index (Phi) is 4.37. The minimum Gasteiger partial charge on any atom is -0.468 e. The molecule has 0 bridgehead atoms. The number of carbonyl (C=O) groups excluding carboxylic acids is 1. The SMILES string of the molecule is COC(=O)C(CN)(Cc1cnn(C)c1)c1ccc(F)cc1. The molecule has 1 aromatic heterocycles. The first-order valence-corrected chi connectivity index (χ1v) is 6.54. The third-order valence-corrected chi connectivity index (χ3v) is 3.59. The molecule has 1 unspecified atom stereocenters. The van der Waals surface area contributed by atoms with Crippen LogP contribution < -0.4 is 5.73 Å². The van der Waals surface area contributed by atoms with Crippen molar-refractivity contribution in [2.24, 2.45) is 12.8 Å². The van der Waals surface area contributed by atoms with Crippen molar-refractivity contribution in [3.63, 3.8) is 0 Å². The predicted octanol–water partition coefficient (Wildman–Crippen LogP) is 1.17. The molecule has 0 spiro atoms. The Labute approximate surface area is 122 Å². The number of halogens is 1. The van der Waals surface area contributed by atoms with Crippen molar-refractivity contribution < 1.29 is 13.9 Å². The van der Waals surface area contributed by atoms with Gasteiger partial charge in [-0.15, -0.1) is 0 Å². The van der Waals surface area contributed by atoms with E-state index in [0.29, 0.717) is 12.0 Å². The number of hydrogen-bond donors (Lipinski definition) is 1. The second-order valence-electron chi connectivity index (χ2n) is 4.98. The van der Waals surface area contributed by atoms with Gasteiger partial charge in [-0.1, -0.05) is 12.1 Å². The van der Waals surface area contributed by atoms with Crippen molar-refractivity contribution in [2.45, 2.75) is 11.8 Å². The van der Waals surface area contributed by atoms with Gasteiger partial charge in [-0.3, -0.25) is 9.48 Å². The van der Waals surface area contributed by atoms with Gasteiger partial charge in [0.1, 0.15) is 11.2 Å². The van der Waals surface area contributed by atoms with Crippen molar-refractivity contribution in [3.05, 3.63) is 53.6 Å².